The maximum atomic E-state index is 13.4. The second kappa shape index (κ2) is 9.30. The second-order valence-corrected chi connectivity index (χ2v) is 9.20. The van der Waals surface area contributed by atoms with Crippen molar-refractivity contribution in [3.8, 4) is 5.82 Å². The number of aryl methyl sites for hydroxylation is 2. The Labute approximate surface area is 204 Å². The summed E-state index contributed by atoms with van der Waals surface area (Å²) in [6.07, 6.45) is 3.08. The Bertz CT molecular complexity index is 1520. The molecule has 0 saturated carbocycles. The lowest BCUT2D eigenvalue weighted by molar-refractivity contribution is -0.384. The van der Waals surface area contributed by atoms with Gasteiger partial charge < -0.3 is 4.90 Å². The molecule has 0 radical (unpaired) electrons. The van der Waals surface area contributed by atoms with E-state index in [1.165, 1.54) is 28.5 Å². The minimum absolute atomic E-state index is 0.0161. The molecule has 0 N–H and O–H groups in total. The summed E-state index contributed by atoms with van der Waals surface area (Å²) in [5, 5.41) is 12.0. The number of rotatable bonds is 5. The van der Waals surface area contributed by atoms with Crippen molar-refractivity contribution in [2.24, 2.45) is 0 Å². The smallest absolute Gasteiger partial charge is 0.269 e. The molecule has 0 aliphatic carbocycles. The van der Waals surface area contributed by atoms with Crippen LogP contribution in [0.2, 0.25) is 0 Å². The van der Waals surface area contributed by atoms with Crippen LogP contribution in [0.4, 0.5) is 11.4 Å². The highest BCUT2D eigenvalue weighted by Crippen LogP contribution is 2.31. The van der Waals surface area contributed by atoms with Crippen molar-refractivity contribution in [3.05, 3.63) is 92.4 Å². The molecule has 176 valence electrons. The fourth-order valence-electron chi connectivity index (χ4n) is 4.16. The molecule has 1 aliphatic rings. The fraction of sp³-hybridized carbons (Fsp3) is 0.200. The number of hydrogen-bond acceptors (Lipinski definition) is 7. The van der Waals surface area contributed by atoms with Crippen LogP contribution < -0.4 is 10.5 Å². The molecule has 2 aromatic heterocycles. The number of fused-ring (bicyclic) bond motifs is 2. The van der Waals surface area contributed by atoms with Gasteiger partial charge in [-0.3, -0.25) is 19.7 Å². The standard InChI is InChI=1S/C25H21N5O4S/c1-16-8-11-22(26-14-16)29-24(32)19-6-2-3-7-20(19)27-25(29)35-15-23(31)28-12-4-5-17-13-18(30(33)34)9-10-21(17)28/h2-3,6-11,13-14H,4-5,12,15H2,1H3. The van der Waals surface area contributed by atoms with Crippen molar-refractivity contribution in [2.75, 3.05) is 17.2 Å². The van der Waals surface area contributed by atoms with Gasteiger partial charge in [0.1, 0.15) is 5.82 Å². The van der Waals surface area contributed by atoms with Crippen LogP contribution in [0, 0.1) is 17.0 Å². The van der Waals surface area contributed by atoms with Crippen LogP contribution in [-0.2, 0) is 11.2 Å². The number of carbonyl (C=O) groups is 1. The molecule has 3 heterocycles. The molecular formula is C25H21N5O4S. The van der Waals surface area contributed by atoms with E-state index in [9.17, 15) is 19.7 Å². The summed E-state index contributed by atoms with van der Waals surface area (Å²) in [6, 6.07) is 15.3. The number of pyridine rings is 1. The van der Waals surface area contributed by atoms with Crippen molar-refractivity contribution in [3.63, 3.8) is 0 Å². The topological polar surface area (TPSA) is 111 Å². The van der Waals surface area contributed by atoms with Gasteiger partial charge in [0.2, 0.25) is 5.91 Å². The second-order valence-electron chi connectivity index (χ2n) is 8.25. The zero-order valence-corrected chi connectivity index (χ0v) is 19.7. The number of nitrogens with zero attached hydrogens (tertiary/aromatic N) is 5. The number of hydrogen-bond donors (Lipinski definition) is 0. The molecule has 0 unspecified atom stereocenters. The zero-order chi connectivity index (χ0) is 24.5. The van der Waals surface area contributed by atoms with E-state index in [2.05, 4.69) is 9.97 Å². The van der Waals surface area contributed by atoms with E-state index in [1.54, 1.807) is 41.4 Å². The average molecular weight is 488 g/mol. The summed E-state index contributed by atoms with van der Waals surface area (Å²) in [5.74, 6) is 0.327. The molecule has 0 bridgehead atoms. The lowest BCUT2D eigenvalue weighted by Gasteiger charge is -2.29. The molecular weight excluding hydrogens is 466 g/mol. The van der Waals surface area contributed by atoms with Crippen LogP contribution in [0.5, 0.6) is 0 Å². The van der Waals surface area contributed by atoms with Gasteiger partial charge in [-0.05, 0) is 55.2 Å². The Hall–Kier alpha value is -4.05. The van der Waals surface area contributed by atoms with E-state index in [0.29, 0.717) is 40.5 Å². The number of nitro groups is 1. The minimum atomic E-state index is -0.430. The Balaban J connectivity index is 1.47. The third-order valence-corrected chi connectivity index (χ3v) is 6.81. The van der Waals surface area contributed by atoms with Gasteiger partial charge in [-0.15, -0.1) is 0 Å². The Morgan fingerprint density at radius 2 is 2.00 bits per heavy atom. The molecule has 10 heteroatoms. The van der Waals surface area contributed by atoms with Crippen LogP contribution in [-0.4, -0.2) is 37.7 Å². The average Bonchev–Trinajstić information content (AvgIpc) is 2.87. The van der Waals surface area contributed by atoms with E-state index in [0.717, 1.165) is 17.5 Å². The van der Waals surface area contributed by atoms with Crippen LogP contribution in [0.1, 0.15) is 17.5 Å². The third-order valence-electron chi connectivity index (χ3n) is 5.89. The number of benzene rings is 2. The SMILES string of the molecule is Cc1ccc(-n2c(SCC(=O)N3CCCc4cc([N+](=O)[O-])ccc43)nc3ccccc3c2=O)nc1. The van der Waals surface area contributed by atoms with Gasteiger partial charge >= 0.3 is 0 Å². The van der Waals surface area contributed by atoms with Gasteiger partial charge in [-0.1, -0.05) is 30.0 Å². The molecule has 0 fully saturated rings. The van der Waals surface area contributed by atoms with Gasteiger partial charge in [0.25, 0.3) is 11.2 Å². The Morgan fingerprint density at radius 1 is 1.17 bits per heavy atom. The molecule has 9 nitrogen and oxygen atoms in total. The molecule has 0 atom stereocenters. The third kappa shape index (κ3) is 4.40. The van der Waals surface area contributed by atoms with Gasteiger partial charge in [-0.25, -0.2) is 14.5 Å². The van der Waals surface area contributed by atoms with E-state index >= 15 is 0 Å². The number of amides is 1. The number of aromatic nitrogens is 3. The number of non-ortho nitro benzene ring substituents is 1. The summed E-state index contributed by atoms with van der Waals surface area (Å²) >= 11 is 1.17. The van der Waals surface area contributed by atoms with Gasteiger partial charge in [0.05, 0.1) is 21.6 Å². The van der Waals surface area contributed by atoms with Crippen LogP contribution in [0.25, 0.3) is 16.7 Å². The quantitative estimate of drug-likeness (QED) is 0.181. The van der Waals surface area contributed by atoms with E-state index in [-0.39, 0.29) is 22.9 Å². The number of carbonyl (C=O) groups excluding carboxylic acids is 1. The molecule has 0 spiro atoms. The maximum absolute atomic E-state index is 13.4. The van der Waals surface area contributed by atoms with Gasteiger partial charge in [0, 0.05) is 30.6 Å². The summed E-state index contributed by atoms with van der Waals surface area (Å²) in [5.41, 5.74) is 2.75. The van der Waals surface area contributed by atoms with Crippen LogP contribution >= 0.6 is 11.8 Å². The predicted molar refractivity (Wildman–Crippen MR) is 134 cm³/mol. The van der Waals surface area contributed by atoms with Crippen molar-refractivity contribution in [1.82, 2.24) is 14.5 Å². The van der Waals surface area contributed by atoms with Crippen LogP contribution in [0.15, 0.2) is 70.7 Å². The number of para-hydroxylation sites is 1. The first-order valence-corrected chi connectivity index (χ1v) is 12.1. The van der Waals surface area contributed by atoms with Gasteiger partial charge in [0.15, 0.2) is 5.16 Å². The molecule has 0 saturated heterocycles. The Morgan fingerprint density at radius 3 is 2.77 bits per heavy atom. The summed E-state index contributed by atoms with van der Waals surface area (Å²) < 4.78 is 1.44. The largest absolute Gasteiger partial charge is 0.311 e. The fourth-order valence-corrected chi connectivity index (χ4v) is 5.04. The molecule has 1 amide bonds. The molecule has 35 heavy (non-hydrogen) atoms. The minimum Gasteiger partial charge on any atom is -0.311 e. The number of nitro benzene ring substituents is 1. The highest BCUT2D eigenvalue weighted by atomic mass is 32.2. The van der Waals surface area contributed by atoms with Gasteiger partial charge in [-0.2, -0.15) is 0 Å². The number of anilines is 1. The molecule has 4 aromatic rings. The molecule has 2 aromatic carbocycles. The first-order chi connectivity index (χ1) is 16.9. The first-order valence-electron chi connectivity index (χ1n) is 11.1. The summed E-state index contributed by atoms with van der Waals surface area (Å²) in [6.45, 7) is 2.44. The normalized spacial score (nSPS) is 13.0. The summed E-state index contributed by atoms with van der Waals surface area (Å²) in [7, 11) is 0. The van der Waals surface area contributed by atoms with E-state index < -0.39 is 4.92 Å². The summed E-state index contributed by atoms with van der Waals surface area (Å²) in [4.78, 5) is 48.0. The maximum Gasteiger partial charge on any atom is 0.269 e. The zero-order valence-electron chi connectivity index (χ0n) is 18.9. The molecule has 1 aliphatic heterocycles. The Kier molecular flexibility index (Phi) is 6.04. The van der Waals surface area contributed by atoms with Crippen molar-refractivity contribution in [1.29, 1.82) is 0 Å². The highest BCUT2D eigenvalue weighted by Gasteiger charge is 2.25. The highest BCUT2D eigenvalue weighted by molar-refractivity contribution is 7.99. The number of thioether (sulfide) groups is 1. The van der Waals surface area contributed by atoms with E-state index in [1.807, 2.05) is 19.1 Å². The first kappa shape index (κ1) is 22.7. The van der Waals surface area contributed by atoms with Crippen molar-refractivity contribution in [2.45, 2.75) is 24.9 Å². The van der Waals surface area contributed by atoms with Crippen molar-refractivity contribution >= 4 is 39.9 Å². The lowest BCUT2D eigenvalue weighted by Crippen LogP contribution is -2.37. The van der Waals surface area contributed by atoms with Crippen LogP contribution in [0.3, 0.4) is 0 Å². The monoisotopic (exact) mass is 487 g/mol. The lowest BCUT2D eigenvalue weighted by atomic mass is 10.0. The van der Waals surface area contributed by atoms with Crippen molar-refractivity contribution < 1.29 is 9.72 Å². The predicted octanol–water partition coefficient (Wildman–Crippen LogP) is 4.07. The van der Waals surface area contributed by atoms with E-state index in [4.69, 9.17) is 0 Å². The molecule has 5 rings (SSSR count).